The van der Waals surface area contributed by atoms with Gasteiger partial charge in [0.2, 0.25) is 0 Å². The van der Waals surface area contributed by atoms with Crippen molar-refractivity contribution in [3.63, 3.8) is 0 Å². The summed E-state index contributed by atoms with van der Waals surface area (Å²) in [5.74, 6) is 0.472. The number of carbonyl (C=O) groups is 1. The number of hydrogen-bond acceptors (Lipinski definition) is 1. The van der Waals surface area contributed by atoms with Crippen molar-refractivity contribution in [1.82, 2.24) is 9.91 Å². The summed E-state index contributed by atoms with van der Waals surface area (Å²) in [6, 6.07) is -0.277. The Bertz CT molecular complexity index is 294. The highest BCUT2D eigenvalue weighted by Gasteiger charge is 2.23. The van der Waals surface area contributed by atoms with Crippen LogP contribution in [0.2, 0.25) is 0 Å². The van der Waals surface area contributed by atoms with Gasteiger partial charge in [0, 0.05) is 13.1 Å². The fraction of sp³-hybridized carbons (Fsp3) is 0.538. The minimum absolute atomic E-state index is 0.277. The molecule has 0 rings (SSSR count). The lowest BCUT2D eigenvalue weighted by Gasteiger charge is -2.21. The van der Waals surface area contributed by atoms with Crippen LogP contribution in [0.25, 0.3) is 4.95 Å². The number of amides is 2. The second kappa shape index (κ2) is 8.40. The van der Waals surface area contributed by atoms with E-state index in [1.165, 1.54) is 5.01 Å². The lowest BCUT2D eigenvalue weighted by molar-refractivity contribution is 0.176. The first-order chi connectivity index (χ1) is 8.06. The van der Waals surface area contributed by atoms with Crippen LogP contribution in [0.5, 0.6) is 0 Å². The van der Waals surface area contributed by atoms with Gasteiger partial charge in [0.15, 0.2) is 0 Å². The van der Waals surface area contributed by atoms with Crippen molar-refractivity contribution >= 4 is 6.03 Å². The molecule has 0 spiro atoms. The molecule has 0 N–H and O–H groups in total. The van der Waals surface area contributed by atoms with Crippen LogP contribution in [0.1, 0.15) is 20.3 Å². The van der Waals surface area contributed by atoms with Gasteiger partial charge in [-0.05, 0) is 17.3 Å². The fourth-order valence-corrected chi connectivity index (χ4v) is 1.27. The van der Waals surface area contributed by atoms with Gasteiger partial charge in [0.25, 0.3) is 0 Å². The van der Waals surface area contributed by atoms with E-state index in [1.54, 1.807) is 17.1 Å². The molecule has 0 aromatic carbocycles. The first-order valence-corrected chi connectivity index (χ1v) is 5.72. The van der Waals surface area contributed by atoms with Gasteiger partial charge >= 0.3 is 6.03 Å². The zero-order valence-corrected chi connectivity index (χ0v) is 10.7. The minimum Gasteiger partial charge on any atom is -0.312 e. The Labute approximate surface area is 104 Å². The summed E-state index contributed by atoms with van der Waals surface area (Å²) in [6.07, 6.45) is 4.11. The number of urea groups is 1. The first-order valence-electron chi connectivity index (χ1n) is 5.72. The van der Waals surface area contributed by atoms with E-state index >= 15 is 0 Å². The van der Waals surface area contributed by atoms with Crippen molar-refractivity contribution in [3.8, 4) is 0 Å². The Morgan fingerprint density at radius 2 is 1.88 bits per heavy atom. The van der Waals surface area contributed by atoms with Gasteiger partial charge in [-0.1, -0.05) is 26.0 Å². The average molecular weight is 235 g/mol. The highest BCUT2D eigenvalue weighted by Crippen LogP contribution is 2.06. The first kappa shape index (κ1) is 15.2. The molecule has 4 heteroatoms. The normalized spacial score (nSPS) is 9.53. The Morgan fingerprint density at radius 1 is 1.35 bits per heavy atom. The molecule has 0 aromatic rings. The molecule has 0 saturated heterocycles. The second-order valence-electron chi connectivity index (χ2n) is 4.17. The highest BCUT2D eigenvalue weighted by atomic mass is 16.2. The third-order valence-corrected chi connectivity index (χ3v) is 2.23. The minimum atomic E-state index is -0.277. The molecule has 4 nitrogen and oxygen atoms in total. The Balaban J connectivity index is 4.52. The van der Waals surface area contributed by atoms with E-state index in [4.69, 9.17) is 6.57 Å². The van der Waals surface area contributed by atoms with Crippen molar-refractivity contribution in [2.75, 3.05) is 19.6 Å². The quantitative estimate of drug-likeness (QED) is 0.379. The molecule has 0 aliphatic carbocycles. The summed E-state index contributed by atoms with van der Waals surface area (Å²) < 4.78 is 0. The van der Waals surface area contributed by atoms with Crippen LogP contribution in [0.4, 0.5) is 4.79 Å². The molecule has 0 atom stereocenters. The Kier molecular flexibility index (Phi) is 7.53. The largest absolute Gasteiger partial charge is 0.386 e. The SMILES string of the molecule is [C-]#[N+]N(CCC(C)C)C(=O)N(CC=C)CC=C. The molecule has 2 amide bonds. The molecule has 94 valence electrons. The number of carbonyl (C=O) groups excluding carboxylic acids is 1. The zero-order valence-electron chi connectivity index (χ0n) is 10.7. The van der Waals surface area contributed by atoms with Crippen molar-refractivity contribution in [2.24, 2.45) is 5.92 Å². The summed E-state index contributed by atoms with van der Waals surface area (Å²) >= 11 is 0. The van der Waals surface area contributed by atoms with E-state index < -0.39 is 0 Å². The molecule has 0 fully saturated rings. The third kappa shape index (κ3) is 5.76. The lowest BCUT2D eigenvalue weighted by atomic mass is 10.1. The molecule has 0 aliphatic rings. The summed E-state index contributed by atoms with van der Waals surface area (Å²) in [5.41, 5.74) is 0. The molecule has 0 aromatic heterocycles. The van der Waals surface area contributed by atoms with Gasteiger partial charge in [0.05, 0.1) is 6.54 Å². The monoisotopic (exact) mass is 235 g/mol. The van der Waals surface area contributed by atoms with Crippen LogP contribution in [-0.4, -0.2) is 35.6 Å². The van der Waals surface area contributed by atoms with Crippen LogP contribution in [-0.2, 0) is 0 Å². The Hall–Kier alpha value is -1.76. The topological polar surface area (TPSA) is 27.9 Å². The molecule has 0 radical (unpaired) electrons. The number of rotatable bonds is 7. The number of nitrogens with zero attached hydrogens (tertiary/aromatic N) is 3. The maximum absolute atomic E-state index is 12.0. The third-order valence-electron chi connectivity index (χ3n) is 2.23. The molecule has 0 aliphatic heterocycles. The fourth-order valence-electron chi connectivity index (χ4n) is 1.27. The predicted octanol–water partition coefficient (Wildman–Crippen LogP) is 2.96. The maximum Gasteiger partial charge on any atom is 0.386 e. The predicted molar refractivity (Wildman–Crippen MR) is 70.1 cm³/mol. The van der Waals surface area contributed by atoms with E-state index in [0.717, 1.165) is 6.42 Å². The molecular weight excluding hydrogens is 214 g/mol. The average Bonchev–Trinajstić information content (AvgIpc) is 2.29. The highest BCUT2D eigenvalue weighted by molar-refractivity contribution is 5.75. The van der Waals surface area contributed by atoms with Gasteiger partial charge in [0.1, 0.15) is 0 Å². The summed E-state index contributed by atoms with van der Waals surface area (Å²) in [7, 11) is 0. The summed E-state index contributed by atoms with van der Waals surface area (Å²) in [5, 5.41) is 1.17. The summed E-state index contributed by atoms with van der Waals surface area (Å²) in [4.78, 5) is 16.8. The lowest BCUT2D eigenvalue weighted by Crippen LogP contribution is -2.40. The van der Waals surface area contributed by atoms with Crippen LogP contribution in [0, 0.1) is 12.5 Å². The van der Waals surface area contributed by atoms with Gasteiger partial charge in [-0.15, -0.1) is 13.2 Å². The smallest absolute Gasteiger partial charge is 0.312 e. The van der Waals surface area contributed by atoms with Gasteiger partial charge in [-0.25, -0.2) is 4.79 Å². The van der Waals surface area contributed by atoms with E-state index in [9.17, 15) is 4.79 Å². The van der Waals surface area contributed by atoms with Crippen LogP contribution >= 0.6 is 0 Å². The van der Waals surface area contributed by atoms with E-state index in [-0.39, 0.29) is 6.03 Å². The maximum atomic E-state index is 12.0. The van der Waals surface area contributed by atoms with Gasteiger partial charge in [-0.3, -0.25) is 0 Å². The van der Waals surface area contributed by atoms with Crippen molar-refractivity contribution in [2.45, 2.75) is 20.3 Å². The Morgan fingerprint density at radius 3 is 2.24 bits per heavy atom. The second-order valence-corrected chi connectivity index (χ2v) is 4.17. The molecule has 17 heavy (non-hydrogen) atoms. The van der Waals surface area contributed by atoms with Crippen LogP contribution in [0.3, 0.4) is 0 Å². The van der Waals surface area contributed by atoms with Crippen molar-refractivity contribution < 1.29 is 4.79 Å². The van der Waals surface area contributed by atoms with E-state index in [2.05, 4.69) is 32.0 Å². The molecule has 0 bridgehead atoms. The summed E-state index contributed by atoms with van der Waals surface area (Å²) in [6.45, 7) is 19.7. The van der Waals surface area contributed by atoms with Crippen molar-refractivity contribution in [3.05, 3.63) is 36.8 Å². The molecule has 0 heterocycles. The van der Waals surface area contributed by atoms with Gasteiger partial charge in [-0.2, -0.15) is 11.5 Å². The number of hydrogen-bond donors (Lipinski definition) is 0. The van der Waals surface area contributed by atoms with E-state index in [1.807, 2.05) is 0 Å². The zero-order chi connectivity index (χ0) is 13.3. The molecule has 0 saturated carbocycles. The molecule has 0 unspecified atom stereocenters. The molecular formula is C13H21N3O. The van der Waals surface area contributed by atoms with Crippen molar-refractivity contribution in [1.29, 1.82) is 0 Å². The van der Waals surface area contributed by atoms with Crippen LogP contribution < -0.4 is 0 Å². The van der Waals surface area contributed by atoms with Crippen LogP contribution in [0.15, 0.2) is 25.3 Å². The standard InChI is InChI=1S/C13H21N3O/c1-6-9-15(10-7-2)13(17)16(14-5)11-8-12(3)4/h6-7,12H,1-2,8-11H2,3-4H3. The van der Waals surface area contributed by atoms with Gasteiger partial charge < -0.3 is 4.90 Å². The van der Waals surface area contributed by atoms with E-state index in [0.29, 0.717) is 25.6 Å².